The lowest BCUT2D eigenvalue weighted by Crippen LogP contribution is -2.13. The Morgan fingerprint density at radius 2 is 2.00 bits per heavy atom. The van der Waals surface area contributed by atoms with E-state index in [0.717, 1.165) is 5.56 Å². The van der Waals surface area contributed by atoms with Crippen molar-refractivity contribution in [2.24, 2.45) is 10.9 Å². The third kappa shape index (κ3) is 1.87. The molecule has 3 nitrogen and oxygen atoms in total. The Morgan fingerprint density at radius 3 is 2.60 bits per heavy atom. The Kier molecular flexibility index (Phi) is 2.46. The number of benzene rings is 1. The summed E-state index contributed by atoms with van der Waals surface area (Å²) in [6, 6.07) is 9.73. The number of hydrogen-bond acceptors (Lipinski definition) is 3. The van der Waals surface area contributed by atoms with Gasteiger partial charge < -0.3 is 0 Å². The molecule has 10 heavy (non-hydrogen) atoms. The molecule has 0 aliphatic heterocycles. The van der Waals surface area contributed by atoms with Crippen molar-refractivity contribution in [1.29, 1.82) is 0 Å². The first-order chi connectivity index (χ1) is 4.93. The monoisotopic (exact) mass is 135 g/mol. The van der Waals surface area contributed by atoms with Gasteiger partial charge in [0.25, 0.3) is 0 Å². The zero-order chi connectivity index (χ0) is 7.23. The highest BCUT2D eigenvalue weighted by molar-refractivity contribution is 5.79. The summed E-state index contributed by atoms with van der Waals surface area (Å²) in [6.45, 7) is 0. The standard InChI is InChI=1S/C7H9N3/c8-10-9-6-7-4-2-1-3-5-7/h1-6,10H,8H2. The average Bonchev–Trinajstić information content (AvgIpc) is 2.03. The molecule has 0 bridgehead atoms. The van der Waals surface area contributed by atoms with E-state index in [4.69, 9.17) is 5.84 Å². The normalized spacial score (nSPS) is 10.1. The van der Waals surface area contributed by atoms with Crippen LogP contribution in [0.3, 0.4) is 0 Å². The first-order valence-corrected chi connectivity index (χ1v) is 2.97. The summed E-state index contributed by atoms with van der Waals surface area (Å²) >= 11 is 0. The molecule has 0 aliphatic carbocycles. The molecule has 0 atom stereocenters. The minimum atomic E-state index is 1.03. The minimum absolute atomic E-state index is 1.03. The molecule has 0 aromatic heterocycles. The molecule has 0 aliphatic rings. The zero-order valence-electron chi connectivity index (χ0n) is 5.49. The molecule has 0 saturated heterocycles. The molecule has 0 saturated carbocycles. The third-order valence-corrected chi connectivity index (χ3v) is 1.09. The zero-order valence-corrected chi connectivity index (χ0v) is 5.49. The van der Waals surface area contributed by atoms with Crippen LogP contribution in [0.5, 0.6) is 0 Å². The Balaban J connectivity index is 2.67. The van der Waals surface area contributed by atoms with Crippen molar-refractivity contribution < 1.29 is 0 Å². The van der Waals surface area contributed by atoms with Crippen molar-refractivity contribution in [2.45, 2.75) is 0 Å². The molecule has 0 radical (unpaired) electrons. The van der Waals surface area contributed by atoms with Crippen LogP contribution in [0.4, 0.5) is 0 Å². The number of hydrazone groups is 1. The molecule has 0 spiro atoms. The van der Waals surface area contributed by atoms with Gasteiger partial charge in [-0.2, -0.15) is 5.10 Å². The fourth-order valence-corrected chi connectivity index (χ4v) is 0.651. The van der Waals surface area contributed by atoms with Crippen LogP contribution in [0.25, 0.3) is 0 Å². The van der Waals surface area contributed by atoms with Gasteiger partial charge in [0.15, 0.2) is 0 Å². The molecular formula is C7H9N3. The largest absolute Gasteiger partial charge is 0.246 e. The van der Waals surface area contributed by atoms with Crippen molar-refractivity contribution in [3.8, 4) is 0 Å². The molecule has 1 rings (SSSR count). The topological polar surface area (TPSA) is 50.4 Å². The van der Waals surface area contributed by atoms with E-state index in [1.165, 1.54) is 0 Å². The third-order valence-electron chi connectivity index (χ3n) is 1.09. The maximum absolute atomic E-state index is 4.93. The highest BCUT2D eigenvalue weighted by atomic mass is 15.5. The maximum atomic E-state index is 4.93. The van der Waals surface area contributed by atoms with Gasteiger partial charge in [-0.25, -0.2) is 11.4 Å². The van der Waals surface area contributed by atoms with Crippen LogP contribution >= 0.6 is 0 Å². The molecule has 0 heterocycles. The Bertz CT molecular complexity index is 205. The second-order valence-corrected chi connectivity index (χ2v) is 1.80. The number of nitrogens with zero attached hydrogens (tertiary/aromatic N) is 1. The summed E-state index contributed by atoms with van der Waals surface area (Å²) in [4.78, 5) is 0. The lowest BCUT2D eigenvalue weighted by atomic mass is 10.2. The highest BCUT2D eigenvalue weighted by Gasteiger charge is 1.80. The van der Waals surface area contributed by atoms with Gasteiger partial charge in [0.1, 0.15) is 0 Å². The van der Waals surface area contributed by atoms with Crippen LogP contribution in [-0.2, 0) is 0 Å². The number of nitrogens with one attached hydrogen (secondary N) is 1. The fraction of sp³-hybridized carbons (Fsp3) is 0. The molecule has 3 heteroatoms. The van der Waals surface area contributed by atoms with Gasteiger partial charge in [0.2, 0.25) is 0 Å². The smallest absolute Gasteiger partial charge is 0.0556 e. The molecule has 1 aromatic carbocycles. The van der Waals surface area contributed by atoms with Gasteiger partial charge in [-0.1, -0.05) is 30.3 Å². The van der Waals surface area contributed by atoms with Crippen LogP contribution in [0.15, 0.2) is 35.4 Å². The summed E-state index contributed by atoms with van der Waals surface area (Å²) in [6.07, 6.45) is 1.65. The van der Waals surface area contributed by atoms with Crippen molar-refractivity contribution >= 4 is 6.21 Å². The van der Waals surface area contributed by atoms with E-state index in [1.54, 1.807) is 6.21 Å². The predicted octanol–water partition coefficient (Wildman–Crippen LogP) is 0.484. The van der Waals surface area contributed by atoms with Gasteiger partial charge >= 0.3 is 0 Å². The number of hydrogen-bond donors (Lipinski definition) is 2. The molecular weight excluding hydrogens is 126 g/mol. The molecule has 0 fully saturated rings. The summed E-state index contributed by atoms with van der Waals surface area (Å²) in [5.41, 5.74) is 3.21. The van der Waals surface area contributed by atoms with E-state index in [-0.39, 0.29) is 0 Å². The van der Waals surface area contributed by atoms with Crippen molar-refractivity contribution in [2.75, 3.05) is 0 Å². The Morgan fingerprint density at radius 1 is 1.30 bits per heavy atom. The van der Waals surface area contributed by atoms with Gasteiger partial charge in [0, 0.05) is 0 Å². The van der Waals surface area contributed by atoms with Crippen molar-refractivity contribution in [3.63, 3.8) is 0 Å². The lowest BCUT2D eigenvalue weighted by molar-refractivity contribution is 0.811. The van der Waals surface area contributed by atoms with E-state index in [1.807, 2.05) is 30.3 Å². The van der Waals surface area contributed by atoms with Crippen LogP contribution in [0.2, 0.25) is 0 Å². The summed E-state index contributed by atoms with van der Waals surface area (Å²) in [5, 5.41) is 3.64. The van der Waals surface area contributed by atoms with Crippen molar-refractivity contribution in [1.82, 2.24) is 5.53 Å². The number of nitrogens with two attached hydrogens (primary N) is 1. The SMILES string of the molecule is NNN=Cc1ccccc1. The van der Waals surface area contributed by atoms with Crippen LogP contribution < -0.4 is 11.4 Å². The number of hydrazine groups is 1. The molecule has 3 N–H and O–H groups in total. The fourth-order valence-electron chi connectivity index (χ4n) is 0.651. The molecule has 1 aromatic rings. The highest BCUT2D eigenvalue weighted by Crippen LogP contribution is 1.92. The predicted molar refractivity (Wildman–Crippen MR) is 41.4 cm³/mol. The van der Waals surface area contributed by atoms with E-state index >= 15 is 0 Å². The quantitative estimate of drug-likeness (QED) is 0.352. The van der Waals surface area contributed by atoms with Gasteiger partial charge in [-0.15, -0.1) is 0 Å². The minimum Gasteiger partial charge on any atom is -0.246 e. The Labute approximate surface area is 59.5 Å². The molecule has 0 amide bonds. The second-order valence-electron chi connectivity index (χ2n) is 1.80. The van der Waals surface area contributed by atoms with E-state index in [9.17, 15) is 0 Å². The molecule has 0 unspecified atom stereocenters. The van der Waals surface area contributed by atoms with Gasteiger partial charge in [-0.3, -0.25) is 0 Å². The number of rotatable bonds is 2. The van der Waals surface area contributed by atoms with Gasteiger partial charge in [0.05, 0.1) is 6.21 Å². The van der Waals surface area contributed by atoms with E-state index in [0.29, 0.717) is 0 Å². The summed E-state index contributed by atoms with van der Waals surface area (Å²) in [5.74, 6) is 4.93. The maximum Gasteiger partial charge on any atom is 0.0556 e. The summed E-state index contributed by atoms with van der Waals surface area (Å²) < 4.78 is 0. The van der Waals surface area contributed by atoms with Crippen molar-refractivity contribution in [3.05, 3.63) is 35.9 Å². The first kappa shape index (κ1) is 6.77. The average molecular weight is 135 g/mol. The van der Waals surface area contributed by atoms with E-state index < -0.39 is 0 Å². The van der Waals surface area contributed by atoms with Crippen LogP contribution in [0.1, 0.15) is 5.56 Å². The Hall–Kier alpha value is -1.35. The second kappa shape index (κ2) is 3.63. The first-order valence-electron chi connectivity index (χ1n) is 2.97. The van der Waals surface area contributed by atoms with Crippen LogP contribution in [0, 0.1) is 0 Å². The molecule has 52 valence electrons. The summed E-state index contributed by atoms with van der Waals surface area (Å²) in [7, 11) is 0. The van der Waals surface area contributed by atoms with Gasteiger partial charge in [-0.05, 0) is 5.56 Å². The lowest BCUT2D eigenvalue weighted by Gasteiger charge is -1.88. The van der Waals surface area contributed by atoms with E-state index in [2.05, 4.69) is 10.6 Å². The van der Waals surface area contributed by atoms with Crippen LogP contribution in [-0.4, -0.2) is 6.21 Å².